The molecule has 0 aromatic carbocycles. The van der Waals surface area contributed by atoms with E-state index < -0.39 is 0 Å². The molecule has 5 heteroatoms. The van der Waals surface area contributed by atoms with Gasteiger partial charge in [-0.1, -0.05) is 13.8 Å². The molecule has 0 saturated carbocycles. The van der Waals surface area contributed by atoms with Gasteiger partial charge in [-0.15, -0.1) is 0 Å². The molecule has 0 radical (unpaired) electrons. The molecule has 1 saturated heterocycles. The van der Waals surface area contributed by atoms with Gasteiger partial charge in [0.2, 0.25) is 0 Å². The summed E-state index contributed by atoms with van der Waals surface area (Å²) < 4.78 is 2.00. The summed E-state index contributed by atoms with van der Waals surface area (Å²) in [5, 5.41) is 7.90. The largest absolute Gasteiger partial charge is 0.339 e. The van der Waals surface area contributed by atoms with Crippen LogP contribution in [-0.2, 0) is 12.0 Å². The van der Waals surface area contributed by atoms with Crippen molar-refractivity contribution in [3.8, 4) is 0 Å². The first-order valence-electron chi connectivity index (χ1n) is 8.95. The number of piperidine rings is 1. The predicted octanol–water partition coefficient (Wildman–Crippen LogP) is 2.66. The molecule has 1 aliphatic rings. The Morgan fingerprint density at radius 3 is 2.48 bits per heavy atom. The van der Waals surface area contributed by atoms with Crippen molar-refractivity contribution in [3.63, 3.8) is 0 Å². The van der Waals surface area contributed by atoms with Gasteiger partial charge in [0, 0.05) is 13.1 Å². The third kappa shape index (κ3) is 4.14. The Morgan fingerprint density at radius 1 is 1.30 bits per heavy atom. The van der Waals surface area contributed by atoms with E-state index in [0.29, 0.717) is 5.92 Å². The van der Waals surface area contributed by atoms with Crippen LogP contribution >= 0.6 is 0 Å². The average molecular weight is 320 g/mol. The van der Waals surface area contributed by atoms with E-state index >= 15 is 0 Å². The summed E-state index contributed by atoms with van der Waals surface area (Å²) in [6.07, 6.45) is 4.77. The second kappa shape index (κ2) is 7.47. The van der Waals surface area contributed by atoms with E-state index in [9.17, 15) is 4.79 Å². The second-order valence-corrected chi connectivity index (χ2v) is 7.48. The van der Waals surface area contributed by atoms with Gasteiger partial charge in [0.1, 0.15) is 0 Å². The van der Waals surface area contributed by atoms with Gasteiger partial charge in [0.15, 0.2) is 0 Å². The number of rotatable bonds is 5. The Hall–Kier alpha value is -1.36. The number of hydrogen-bond donors (Lipinski definition) is 1. The number of aromatic nitrogens is 2. The normalized spacial score (nSPS) is 16.8. The molecule has 0 unspecified atom stereocenters. The van der Waals surface area contributed by atoms with Crippen molar-refractivity contribution in [1.29, 1.82) is 0 Å². The summed E-state index contributed by atoms with van der Waals surface area (Å²) in [5.41, 5.74) is 1.74. The highest BCUT2D eigenvalue weighted by Gasteiger charge is 2.28. The van der Waals surface area contributed by atoms with E-state index in [1.54, 1.807) is 6.20 Å². The number of amides is 1. The molecule has 0 spiro atoms. The van der Waals surface area contributed by atoms with Gasteiger partial charge in [-0.2, -0.15) is 5.10 Å². The van der Waals surface area contributed by atoms with Crippen molar-refractivity contribution in [2.24, 2.45) is 5.92 Å². The monoisotopic (exact) mass is 320 g/mol. The Balaban J connectivity index is 2.06. The molecule has 130 valence electrons. The maximum Gasteiger partial charge on any atom is 0.257 e. The molecular weight excluding hydrogens is 288 g/mol. The van der Waals surface area contributed by atoms with Crippen molar-refractivity contribution in [3.05, 3.63) is 17.5 Å². The van der Waals surface area contributed by atoms with E-state index in [2.05, 4.69) is 45.0 Å². The summed E-state index contributed by atoms with van der Waals surface area (Å²) in [6, 6.07) is 0. The van der Waals surface area contributed by atoms with Crippen LogP contribution in [0.3, 0.4) is 0 Å². The first-order valence-corrected chi connectivity index (χ1v) is 8.95. The molecule has 23 heavy (non-hydrogen) atoms. The molecule has 2 rings (SSSR count). The minimum Gasteiger partial charge on any atom is -0.339 e. The number of carbonyl (C=O) groups excluding carboxylic acids is 1. The average Bonchev–Trinajstić information content (AvgIpc) is 2.96. The smallest absolute Gasteiger partial charge is 0.257 e. The van der Waals surface area contributed by atoms with E-state index in [1.165, 1.54) is 0 Å². The molecule has 0 atom stereocenters. The molecule has 1 aromatic heterocycles. The fourth-order valence-electron chi connectivity index (χ4n) is 3.33. The standard InChI is InChI=1S/C18H32N4O/c1-6-16-15(13-20-22(16)18(3,4)5)17(23)21-10-8-14(9-11-21)12-19-7-2/h13-14,19H,6-12H2,1-5H3. The molecule has 0 aliphatic carbocycles. The van der Waals surface area contributed by atoms with Gasteiger partial charge in [0.05, 0.1) is 23.0 Å². The van der Waals surface area contributed by atoms with Gasteiger partial charge >= 0.3 is 0 Å². The molecule has 0 bridgehead atoms. The highest BCUT2D eigenvalue weighted by Crippen LogP contribution is 2.23. The number of nitrogens with zero attached hydrogens (tertiary/aromatic N) is 3. The zero-order chi connectivity index (χ0) is 17.0. The van der Waals surface area contributed by atoms with Crippen molar-refractivity contribution < 1.29 is 4.79 Å². The zero-order valence-electron chi connectivity index (χ0n) is 15.4. The van der Waals surface area contributed by atoms with Crippen LogP contribution in [0.4, 0.5) is 0 Å². The maximum absolute atomic E-state index is 12.9. The lowest BCUT2D eigenvalue weighted by atomic mass is 9.96. The van der Waals surface area contributed by atoms with E-state index in [-0.39, 0.29) is 11.4 Å². The number of nitrogens with one attached hydrogen (secondary N) is 1. The van der Waals surface area contributed by atoms with Crippen LogP contribution in [0.5, 0.6) is 0 Å². The van der Waals surface area contributed by atoms with Crippen LogP contribution < -0.4 is 5.32 Å². The second-order valence-electron chi connectivity index (χ2n) is 7.48. The topological polar surface area (TPSA) is 50.2 Å². The fourth-order valence-corrected chi connectivity index (χ4v) is 3.33. The van der Waals surface area contributed by atoms with Crippen molar-refractivity contribution in [2.45, 2.75) is 59.4 Å². The van der Waals surface area contributed by atoms with Gasteiger partial charge in [-0.25, -0.2) is 0 Å². The Labute approximate surface area is 140 Å². The lowest BCUT2D eigenvalue weighted by Crippen LogP contribution is -2.41. The third-order valence-electron chi connectivity index (χ3n) is 4.65. The van der Waals surface area contributed by atoms with Crippen molar-refractivity contribution >= 4 is 5.91 Å². The molecule has 1 amide bonds. The first-order chi connectivity index (χ1) is 10.9. The van der Waals surface area contributed by atoms with Crippen LogP contribution in [-0.4, -0.2) is 46.8 Å². The summed E-state index contributed by atoms with van der Waals surface area (Å²) in [4.78, 5) is 14.9. The lowest BCUT2D eigenvalue weighted by Gasteiger charge is -2.32. The molecule has 5 nitrogen and oxygen atoms in total. The van der Waals surface area contributed by atoms with Crippen LogP contribution in [0.15, 0.2) is 6.20 Å². The molecular formula is C18H32N4O. The van der Waals surface area contributed by atoms with E-state index in [1.807, 2.05) is 9.58 Å². The molecule has 1 N–H and O–H groups in total. The predicted molar refractivity (Wildman–Crippen MR) is 93.8 cm³/mol. The Kier molecular flexibility index (Phi) is 5.84. The zero-order valence-corrected chi connectivity index (χ0v) is 15.4. The molecule has 1 fully saturated rings. The van der Waals surface area contributed by atoms with Crippen LogP contribution in [0.1, 0.15) is 63.5 Å². The summed E-state index contributed by atoms with van der Waals surface area (Å²) in [5.74, 6) is 0.848. The number of hydrogen-bond acceptors (Lipinski definition) is 3. The summed E-state index contributed by atoms with van der Waals surface area (Å²) in [7, 11) is 0. The summed E-state index contributed by atoms with van der Waals surface area (Å²) in [6.45, 7) is 14.4. The lowest BCUT2D eigenvalue weighted by molar-refractivity contribution is 0.0689. The Morgan fingerprint density at radius 2 is 1.96 bits per heavy atom. The Bertz CT molecular complexity index is 522. The third-order valence-corrected chi connectivity index (χ3v) is 4.65. The van der Waals surface area contributed by atoms with Crippen LogP contribution in [0.2, 0.25) is 0 Å². The van der Waals surface area contributed by atoms with E-state index in [0.717, 1.165) is 56.7 Å². The molecule has 1 aromatic rings. The highest BCUT2D eigenvalue weighted by atomic mass is 16.2. The fraction of sp³-hybridized carbons (Fsp3) is 0.778. The van der Waals surface area contributed by atoms with Gasteiger partial charge in [0.25, 0.3) is 5.91 Å². The minimum absolute atomic E-state index is 0.0946. The van der Waals surface area contributed by atoms with Crippen molar-refractivity contribution in [2.75, 3.05) is 26.2 Å². The highest BCUT2D eigenvalue weighted by molar-refractivity contribution is 5.95. The van der Waals surface area contributed by atoms with E-state index in [4.69, 9.17) is 0 Å². The first kappa shape index (κ1) is 18.0. The minimum atomic E-state index is -0.0946. The van der Waals surface area contributed by atoms with Crippen molar-refractivity contribution in [1.82, 2.24) is 20.0 Å². The van der Waals surface area contributed by atoms with Crippen LogP contribution in [0, 0.1) is 5.92 Å². The van der Waals surface area contributed by atoms with Crippen LogP contribution in [0.25, 0.3) is 0 Å². The SMILES string of the molecule is CCNCC1CCN(C(=O)c2cnn(C(C)(C)C)c2CC)CC1. The molecule has 2 heterocycles. The van der Waals surface area contributed by atoms with Gasteiger partial charge in [-0.3, -0.25) is 9.48 Å². The summed E-state index contributed by atoms with van der Waals surface area (Å²) >= 11 is 0. The van der Waals surface area contributed by atoms with Gasteiger partial charge in [-0.05, 0) is 59.0 Å². The number of likely N-dealkylation sites (tertiary alicyclic amines) is 1. The number of carbonyl (C=O) groups is 1. The molecule has 1 aliphatic heterocycles. The quantitative estimate of drug-likeness (QED) is 0.907. The maximum atomic E-state index is 12.9. The van der Waals surface area contributed by atoms with Gasteiger partial charge < -0.3 is 10.2 Å².